The van der Waals surface area contributed by atoms with Crippen molar-refractivity contribution < 1.29 is 37.3 Å². The third kappa shape index (κ3) is 11.0. The number of phenolic OH excluding ortho intramolecular Hbond substituents is 1. The van der Waals surface area contributed by atoms with E-state index in [1.54, 1.807) is 0 Å². The molecule has 2 atom stereocenters. The van der Waals surface area contributed by atoms with Gasteiger partial charge in [-0.1, -0.05) is 69.9 Å². The molecule has 0 spiro atoms. The van der Waals surface area contributed by atoms with Crippen molar-refractivity contribution in [2.75, 3.05) is 49.4 Å². The SMILES string of the molecule is CCCCC1(CCCC)CN(c2ccccc2)c2cc(SC)c(OCC(=O)NC(C(=O)NCCP(C)(=O)O)c3ccc(O)cc3)cc2S(=O)(=O)C1. The normalized spacial score (nSPS) is 16.6. The summed E-state index contributed by atoms with van der Waals surface area (Å²) in [6.07, 6.45) is 7.04. The Kier molecular flexibility index (Phi) is 14.1. The molecule has 0 radical (unpaired) electrons. The van der Waals surface area contributed by atoms with Crippen LogP contribution in [0.3, 0.4) is 0 Å². The molecule has 0 saturated carbocycles. The Bertz CT molecular complexity index is 1790. The van der Waals surface area contributed by atoms with Crippen molar-refractivity contribution in [3.8, 4) is 11.5 Å². The van der Waals surface area contributed by atoms with E-state index in [0.29, 0.717) is 22.7 Å². The first kappa shape index (κ1) is 40.3. The van der Waals surface area contributed by atoms with Crippen LogP contribution in [0.2, 0.25) is 0 Å². The van der Waals surface area contributed by atoms with Crippen LogP contribution in [0.1, 0.15) is 64.0 Å². The number of sulfone groups is 1. The van der Waals surface area contributed by atoms with Crippen LogP contribution in [0.15, 0.2) is 76.5 Å². The fourth-order valence-electron chi connectivity index (χ4n) is 6.38. The van der Waals surface area contributed by atoms with Crippen LogP contribution in [0.25, 0.3) is 0 Å². The molecule has 278 valence electrons. The molecular formula is C37H50N3O8PS2. The van der Waals surface area contributed by atoms with Gasteiger partial charge in [-0.25, -0.2) is 8.42 Å². The van der Waals surface area contributed by atoms with Gasteiger partial charge in [-0.2, -0.15) is 0 Å². The van der Waals surface area contributed by atoms with Crippen molar-refractivity contribution in [3.63, 3.8) is 0 Å². The van der Waals surface area contributed by atoms with Crippen LogP contribution in [-0.4, -0.2) is 74.8 Å². The number of hydrogen-bond donors (Lipinski definition) is 4. The summed E-state index contributed by atoms with van der Waals surface area (Å²) in [5, 5.41) is 15.0. The minimum absolute atomic E-state index is 0.00205. The van der Waals surface area contributed by atoms with Gasteiger partial charge < -0.3 is 30.3 Å². The number of amides is 2. The molecule has 2 amide bonds. The lowest BCUT2D eigenvalue weighted by molar-refractivity contribution is -0.130. The molecule has 0 bridgehead atoms. The molecule has 11 nitrogen and oxygen atoms in total. The van der Waals surface area contributed by atoms with E-state index in [0.717, 1.165) is 44.2 Å². The number of anilines is 2. The Balaban J connectivity index is 1.66. The smallest absolute Gasteiger partial charge is 0.258 e. The van der Waals surface area contributed by atoms with E-state index in [2.05, 4.69) is 29.4 Å². The molecule has 0 saturated heterocycles. The highest BCUT2D eigenvalue weighted by molar-refractivity contribution is 7.98. The number of thioether (sulfide) groups is 1. The summed E-state index contributed by atoms with van der Waals surface area (Å²) in [5.41, 5.74) is 1.38. The first-order valence-corrected chi connectivity index (χ1v) is 22.4. The molecule has 3 aromatic rings. The second kappa shape index (κ2) is 17.8. The average Bonchev–Trinajstić information content (AvgIpc) is 3.19. The Morgan fingerprint density at radius 3 is 2.27 bits per heavy atom. The number of unbranched alkanes of at least 4 members (excludes halogenated alkanes) is 2. The number of fused-ring (bicyclic) bond motifs is 1. The molecule has 0 aliphatic carbocycles. The van der Waals surface area contributed by atoms with Crippen molar-refractivity contribution in [2.45, 2.75) is 68.2 Å². The van der Waals surface area contributed by atoms with Gasteiger partial charge in [0, 0.05) is 43.1 Å². The summed E-state index contributed by atoms with van der Waals surface area (Å²) in [4.78, 5) is 39.0. The maximum atomic E-state index is 14.4. The van der Waals surface area contributed by atoms with Gasteiger partial charge in [0.2, 0.25) is 5.91 Å². The van der Waals surface area contributed by atoms with E-state index < -0.39 is 47.1 Å². The number of para-hydroxylation sites is 1. The van der Waals surface area contributed by atoms with E-state index in [4.69, 9.17) is 4.74 Å². The number of phenols is 1. The Labute approximate surface area is 305 Å². The number of benzene rings is 3. The van der Waals surface area contributed by atoms with Gasteiger partial charge in [-0.3, -0.25) is 14.2 Å². The summed E-state index contributed by atoms with van der Waals surface area (Å²) >= 11 is 1.37. The van der Waals surface area contributed by atoms with Crippen LogP contribution in [0, 0.1) is 5.41 Å². The maximum Gasteiger partial charge on any atom is 0.258 e. The zero-order valence-electron chi connectivity index (χ0n) is 29.8. The second-order valence-electron chi connectivity index (χ2n) is 13.3. The van der Waals surface area contributed by atoms with Gasteiger partial charge >= 0.3 is 0 Å². The number of rotatable bonds is 17. The number of hydrogen-bond acceptors (Lipinski definition) is 9. The quantitative estimate of drug-likeness (QED) is 0.0865. The minimum Gasteiger partial charge on any atom is -0.508 e. The first-order chi connectivity index (χ1) is 24.2. The lowest BCUT2D eigenvalue weighted by Gasteiger charge is -2.37. The van der Waals surface area contributed by atoms with E-state index in [1.165, 1.54) is 48.8 Å². The molecule has 51 heavy (non-hydrogen) atoms. The van der Waals surface area contributed by atoms with Crippen LogP contribution in [0.5, 0.6) is 11.5 Å². The zero-order valence-corrected chi connectivity index (χ0v) is 32.3. The second-order valence-corrected chi connectivity index (χ2v) is 18.7. The number of nitrogens with zero attached hydrogens (tertiary/aromatic N) is 1. The fourth-order valence-corrected chi connectivity index (χ4v) is 9.57. The van der Waals surface area contributed by atoms with Gasteiger partial charge in [-0.15, -0.1) is 11.8 Å². The molecule has 4 rings (SSSR count). The predicted octanol–water partition coefficient (Wildman–Crippen LogP) is 6.66. The molecule has 1 aliphatic heterocycles. The van der Waals surface area contributed by atoms with E-state index in [1.807, 2.05) is 42.7 Å². The van der Waals surface area contributed by atoms with Gasteiger partial charge in [0.05, 0.1) is 21.2 Å². The molecule has 0 aromatic heterocycles. The third-order valence-corrected chi connectivity index (χ3v) is 12.8. The van der Waals surface area contributed by atoms with Gasteiger partial charge in [0.15, 0.2) is 23.8 Å². The Morgan fingerprint density at radius 2 is 1.69 bits per heavy atom. The fraction of sp³-hybridized carbons (Fsp3) is 0.459. The minimum atomic E-state index is -3.81. The number of carbonyl (C=O) groups excluding carboxylic acids is 2. The molecule has 3 aromatic carbocycles. The van der Waals surface area contributed by atoms with Gasteiger partial charge in [0.1, 0.15) is 17.5 Å². The molecule has 1 heterocycles. The molecule has 14 heteroatoms. The van der Waals surface area contributed by atoms with E-state index in [9.17, 15) is 32.6 Å². The highest BCUT2D eigenvalue weighted by Gasteiger charge is 2.42. The molecule has 4 N–H and O–H groups in total. The van der Waals surface area contributed by atoms with Crippen molar-refractivity contribution in [1.82, 2.24) is 10.6 Å². The molecule has 0 fully saturated rings. The summed E-state index contributed by atoms with van der Waals surface area (Å²) in [6, 6.07) is 17.7. The molecular weight excluding hydrogens is 710 g/mol. The van der Waals surface area contributed by atoms with E-state index in [-0.39, 0.29) is 34.9 Å². The lowest BCUT2D eigenvalue weighted by Crippen LogP contribution is -2.42. The topological polar surface area (TPSA) is 162 Å². The number of ether oxygens (including phenoxy) is 1. The van der Waals surface area contributed by atoms with Crippen LogP contribution in [-0.2, 0) is 24.0 Å². The summed E-state index contributed by atoms with van der Waals surface area (Å²) in [7, 11) is -7.18. The third-order valence-electron chi connectivity index (χ3n) is 9.03. The highest BCUT2D eigenvalue weighted by atomic mass is 32.2. The van der Waals surface area contributed by atoms with E-state index >= 15 is 0 Å². The van der Waals surface area contributed by atoms with Crippen LogP contribution >= 0.6 is 19.1 Å². The standard InChI is InChI=1S/C37H50N3O8PS2/c1-5-7-18-37(19-8-6-2)25-40(28-12-10-9-11-13-28)30-22-32(50-4)31(23-33(30)51(46,47)26-37)48-24-34(42)39-35(27-14-16-29(41)17-15-27)36(43)38-20-21-49(3,44)45/h9-17,22-23,35,41H,5-8,18-21,24-26H2,1-4H3,(H,38,43)(H,39,42)(H,44,45). The van der Waals surface area contributed by atoms with Crippen LogP contribution < -0.4 is 20.3 Å². The molecule has 1 aliphatic rings. The van der Waals surface area contributed by atoms with Gasteiger partial charge in [-0.05, 0) is 55.0 Å². The van der Waals surface area contributed by atoms with Crippen LogP contribution in [0.4, 0.5) is 11.4 Å². The monoisotopic (exact) mass is 759 g/mol. The van der Waals surface area contributed by atoms with Crippen molar-refractivity contribution in [2.24, 2.45) is 5.41 Å². The number of aromatic hydroxyl groups is 1. The lowest BCUT2D eigenvalue weighted by atomic mass is 9.79. The summed E-state index contributed by atoms with van der Waals surface area (Å²) < 4.78 is 46.5. The maximum absolute atomic E-state index is 14.4. The average molecular weight is 760 g/mol. The summed E-state index contributed by atoms with van der Waals surface area (Å²) in [6.45, 7) is 5.38. The zero-order chi connectivity index (χ0) is 37.2. The number of nitrogens with one attached hydrogen (secondary N) is 2. The van der Waals surface area contributed by atoms with Gasteiger partial charge in [0.25, 0.3) is 5.91 Å². The first-order valence-electron chi connectivity index (χ1n) is 17.3. The summed E-state index contributed by atoms with van der Waals surface area (Å²) in [5.74, 6) is -1.06. The van der Waals surface area contributed by atoms with Crippen molar-refractivity contribution in [3.05, 3.63) is 72.3 Å². The molecule has 2 unspecified atom stereocenters. The Hall–Kier alpha value is -3.51. The van der Waals surface area contributed by atoms with Crippen molar-refractivity contribution >= 4 is 52.2 Å². The predicted molar refractivity (Wildman–Crippen MR) is 203 cm³/mol. The van der Waals surface area contributed by atoms with Crippen molar-refractivity contribution in [1.29, 1.82) is 0 Å². The number of carbonyl (C=O) groups is 2. The highest BCUT2D eigenvalue weighted by Crippen LogP contribution is 2.47. The Morgan fingerprint density at radius 1 is 1.04 bits per heavy atom. The largest absolute Gasteiger partial charge is 0.508 e.